The van der Waals surface area contributed by atoms with Gasteiger partial charge < -0.3 is 20.2 Å². The summed E-state index contributed by atoms with van der Waals surface area (Å²) < 4.78 is 7.20. The van der Waals surface area contributed by atoms with E-state index in [4.69, 9.17) is 4.42 Å². The summed E-state index contributed by atoms with van der Waals surface area (Å²) >= 11 is 0. The number of nitrogens with zero attached hydrogens (tertiary/aromatic N) is 4. The molecule has 6 aromatic rings. The summed E-state index contributed by atoms with van der Waals surface area (Å²) in [5.74, 6) is -0.559. The van der Waals surface area contributed by atoms with E-state index >= 15 is 0 Å². The first-order valence-corrected chi connectivity index (χ1v) is 13.8. The maximum Gasteiger partial charge on any atom is 0.255 e. The van der Waals surface area contributed by atoms with Gasteiger partial charge in [0, 0.05) is 18.0 Å². The topological polar surface area (TPSA) is 135 Å². The van der Waals surface area contributed by atoms with E-state index in [-0.39, 0.29) is 18.5 Å². The number of carbonyl (C=O) groups excluding carboxylic acids is 2. The highest BCUT2D eigenvalue weighted by Crippen LogP contribution is 2.20. The average molecular weight is 573 g/mol. The van der Waals surface area contributed by atoms with Crippen LogP contribution in [-0.4, -0.2) is 48.8 Å². The van der Waals surface area contributed by atoms with Gasteiger partial charge in [0.25, 0.3) is 11.8 Å². The van der Waals surface area contributed by atoms with Crippen LogP contribution in [0.3, 0.4) is 0 Å². The summed E-state index contributed by atoms with van der Waals surface area (Å²) in [6, 6.07) is 30.4. The van der Waals surface area contributed by atoms with Crippen LogP contribution in [0.1, 0.15) is 21.8 Å². The van der Waals surface area contributed by atoms with Crippen LogP contribution < -0.4 is 10.6 Å². The maximum absolute atomic E-state index is 13.7. The zero-order valence-corrected chi connectivity index (χ0v) is 23.0. The van der Waals surface area contributed by atoms with Crippen molar-refractivity contribution in [1.29, 1.82) is 0 Å². The van der Waals surface area contributed by atoms with Gasteiger partial charge in [0.1, 0.15) is 5.52 Å². The Morgan fingerprint density at radius 2 is 1.63 bits per heavy atom. The number of pyridine rings is 1. The van der Waals surface area contributed by atoms with Gasteiger partial charge in [0.2, 0.25) is 5.89 Å². The predicted molar refractivity (Wildman–Crippen MR) is 160 cm³/mol. The molecule has 0 radical (unpaired) electrons. The molecule has 0 saturated heterocycles. The highest BCUT2D eigenvalue weighted by atomic mass is 16.3. The summed E-state index contributed by atoms with van der Waals surface area (Å²) in [5.41, 5.74) is 4.00. The molecule has 3 heterocycles. The van der Waals surface area contributed by atoms with Gasteiger partial charge in [-0.25, -0.2) is 14.6 Å². The normalized spacial score (nSPS) is 12.5. The Kier molecular flexibility index (Phi) is 8.01. The molecule has 0 spiro atoms. The fraction of sp³-hybridized carbons (Fsp3) is 0.121. The van der Waals surface area contributed by atoms with Crippen molar-refractivity contribution in [1.82, 2.24) is 30.4 Å². The SMILES string of the molecule is O=C(NC(Cc1ccccc1)C(O)C(=O)NCc1nc2ccccc2o1)c1cccnc1-n1ccc(-c2ccccc2)n1. The molecule has 2 atom stereocenters. The van der Waals surface area contributed by atoms with Crippen molar-refractivity contribution in [2.45, 2.75) is 25.1 Å². The van der Waals surface area contributed by atoms with Crippen molar-refractivity contribution in [2.75, 3.05) is 0 Å². The Hall–Kier alpha value is -5.61. The number of hydrogen-bond acceptors (Lipinski definition) is 7. The predicted octanol–water partition coefficient (Wildman–Crippen LogP) is 4.09. The molecule has 0 fully saturated rings. The molecule has 0 bridgehead atoms. The zero-order valence-electron chi connectivity index (χ0n) is 23.0. The van der Waals surface area contributed by atoms with E-state index in [1.54, 1.807) is 30.6 Å². The van der Waals surface area contributed by atoms with Gasteiger partial charge in [0.15, 0.2) is 17.5 Å². The standard InChI is InChI=1S/C33H28N6O4/c40-30(33(42)35-21-29-36-26-15-7-8-16-28(26)43-29)27(20-22-10-3-1-4-11-22)37-32(41)24-14-9-18-34-31(24)39-19-17-25(38-39)23-12-5-2-6-13-23/h1-19,27,30,40H,20-21H2,(H,35,42)(H,37,41). The van der Waals surface area contributed by atoms with Gasteiger partial charge in [-0.3, -0.25) is 9.59 Å². The third kappa shape index (κ3) is 6.34. The molecule has 3 N–H and O–H groups in total. The number of oxazole rings is 1. The highest BCUT2D eigenvalue weighted by molar-refractivity contribution is 5.97. The van der Waals surface area contributed by atoms with Crippen molar-refractivity contribution in [2.24, 2.45) is 0 Å². The fourth-order valence-corrected chi connectivity index (χ4v) is 4.76. The van der Waals surface area contributed by atoms with E-state index in [0.717, 1.165) is 16.8 Å². The van der Waals surface area contributed by atoms with E-state index in [9.17, 15) is 14.7 Å². The molecule has 2 unspecified atom stereocenters. The monoisotopic (exact) mass is 572 g/mol. The van der Waals surface area contributed by atoms with Crippen LogP contribution in [0.5, 0.6) is 0 Å². The number of fused-ring (bicyclic) bond motifs is 1. The zero-order chi connectivity index (χ0) is 29.6. The Bertz CT molecular complexity index is 1820. The first-order valence-electron chi connectivity index (χ1n) is 13.8. The molecular weight excluding hydrogens is 544 g/mol. The molecule has 0 saturated carbocycles. The summed E-state index contributed by atoms with van der Waals surface area (Å²) in [5, 5.41) is 21.3. The van der Waals surface area contributed by atoms with E-state index in [1.165, 1.54) is 4.68 Å². The van der Waals surface area contributed by atoms with E-state index in [0.29, 0.717) is 22.8 Å². The molecular formula is C33H28N6O4. The number of rotatable bonds is 10. The van der Waals surface area contributed by atoms with E-state index in [2.05, 4.69) is 25.7 Å². The molecule has 3 aromatic heterocycles. The lowest BCUT2D eigenvalue weighted by molar-refractivity contribution is -0.130. The second-order valence-corrected chi connectivity index (χ2v) is 9.89. The second-order valence-electron chi connectivity index (χ2n) is 9.89. The summed E-state index contributed by atoms with van der Waals surface area (Å²) in [4.78, 5) is 35.5. The first-order chi connectivity index (χ1) is 21.0. The van der Waals surface area contributed by atoms with Crippen molar-refractivity contribution >= 4 is 22.9 Å². The number of aliphatic hydroxyl groups excluding tert-OH is 1. The van der Waals surface area contributed by atoms with Crippen LogP contribution in [0, 0.1) is 0 Å². The number of nitrogens with one attached hydrogen (secondary N) is 2. The van der Waals surface area contributed by atoms with Crippen LogP contribution in [0.25, 0.3) is 28.2 Å². The van der Waals surface area contributed by atoms with Crippen molar-refractivity contribution in [3.05, 3.63) is 133 Å². The number of hydrogen-bond donors (Lipinski definition) is 3. The van der Waals surface area contributed by atoms with Crippen LogP contribution in [0.15, 0.2) is 120 Å². The minimum absolute atomic E-state index is 0.0215. The number of para-hydroxylation sites is 2. The summed E-state index contributed by atoms with van der Waals surface area (Å²) in [6.07, 6.45) is 1.95. The fourth-order valence-electron chi connectivity index (χ4n) is 4.76. The minimum Gasteiger partial charge on any atom is -0.439 e. The molecule has 43 heavy (non-hydrogen) atoms. The molecule has 214 valence electrons. The maximum atomic E-state index is 13.7. The van der Waals surface area contributed by atoms with Gasteiger partial charge in [-0.2, -0.15) is 5.10 Å². The van der Waals surface area contributed by atoms with Crippen molar-refractivity contribution in [3.8, 4) is 17.1 Å². The van der Waals surface area contributed by atoms with Gasteiger partial charge in [-0.05, 0) is 42.3 Å². The van der Waals surface area contributed by atoms with E-state index < -0.39 is 24.0 Å². The quantitative estimate of drug-likeness (QED) is 0.225. The molecule has 3 aromatic carbocycles. The van der Waals surface area contributed by atoms with E-state index in [1.807, 2.05) is 84.9 Å². The minimum atomic E-state index is -1.57. The molecule has 0 aliphatic heterocycles. The lowest BCUT2D eigenvalue weighted by atomic mass is 10.00. The molecule has 10 nitrogen and oxygen atoms in total. The molecule has 10 heteroatoms. The van der Waals surface area contributed by atoms with Crippen LogP contribution in [0.2, 0.25) is 0 Å². The number of carbonyl (C=O) groups is 2. The second kappa shape index (κ2) is 12.5. The van der Waals surface area contributed by atoms with Gasteiger partial charge in [-0.15, -0.1) is 0 Å². The number of benzene rings is 3. The Morgan fingerprint density at radius 1 is 0.884 bits per heavy atom. The first kappa shape index (κ1) is 27.6. The molecule has 2 amide bonds. The largest absolute Gasteiger partial charge is 0.439 e. The molecule has 0 aliphatic carbocycles. The molecule has 6 rings (SSSR count). The smallest absolute Gasteiger partial charge is 0.255 e. The third-order valence-electron chi connectivity index (χ3n) is 6.92. The van der Waals surface area contributed by atoms with Crippen molar-refractivity contribution in [3.63, 3.8) is 0 Å². The highest BCUT2D eigenvalue weighted by Gasteiger charge is 2.29. The number of aromatic nitrogens is 4. The lowest BCUT2D eigenvalue weighted by Gasteiger charge is -2.24. The third-order valence-corrected chi connectivity index (χ3v) is 6.92. The lowest BCUT2D eigenvalue weighted by Crippen LogP contribution is -2.51. The average Bonchev–Trinajstić information content (AvgIpc) is 3.71. The number of amides is 2. The van der Waals surface area contributed by atoms with Crippen LogP contribution >= 0.6 is 0 Å². The Balaban J connectivity index is 1.21. The van der Waals surface area contributed by atoms with Crippen LogP contribution in [0.4, 0.5) is 0 Å². The summed E-state index contributed by atoms with van der Waals surface area (Å²) in [6.45, 7) is -0.0215. The summed E-state index contributed by atoms with van der Waals surface area (Å²) in [7, 11) is 0. The Labute approximate surface area is 247 Å². The molecule has 0 aliphatic rings. The Morgan fingerprint density at radius 3 is 2.42 bits per heavy atom. The van der Waals surface area contributed by atoms with Gasteiger partial charge in [-0.1, -0.05) is 72.8 Å². The van der Waals surface area contributed by atoms with Crippen molar-refractivity contribution < 1.29 is 19.1 Å². The van der Waals surface area contributed by atoms with Gasteiger partial charge >= 0.3 is 0 Å². The number of aliphatic hydroxyl groups is 1. The van der Waals surface area contributed by atoms with Gasteiger partial charge in [0.05, 0.1) is 23.8 Å². The van der Waals surface area contributed by atoms with Crippen LogP contribution in [-0.2, 0) is 17.8 Å².